The molecule has 0 bridgehead atoms. The van der Waals surface area contributed by atoms with E-state index in [4.69, 9.17) is 0 Å². The van der Waals surface area contributed by atoms with Gasteiger partial charge in [0.05, 0.1) is 6.04 Å². The summed E-state index contributed by atoms with van der Waals surface area (Å²) in [5.74, 6) is 0.751. The molecule has 21 heavy (non-hydrogen) atoms. The molecule has 0 amide bonds. The van der Waals surface area contributed by atoms with Gasteiger partial charge in [0.1, 0.15) is 0 Å². The summed E-state index contributed by atoms with van der Waals surface area (Å²) in [6, 6.07) is 13.6. The third-order valence-corrected chi connectivity index (χ3v) is 4.58. The second-order valence-electron chi connectivity index (χ2n) is 6.16. The van der Waals surface area contributed by atoms with Crippen LogP contribution in [-0.4, -0.2) is 12.0 Å². The van der Waals surface area contributed by atoms with Crippen LogP contribution in [0.25, 0.3) is 0 Å². The van der Waals surface area contributed by atoms with Crippen molar-refractivity contribution in [2.45, 2.75) is 45.1 Å². The molecule has 2 heteroatoms. The minimum atomic E-state index is 0.252. The number of hydrogen-bond acceptors (Lipinski definition) is 2. The molecular formula is C19H24N2. The normalized spacial score (nSPS) is 16.5. The average Bonchev–Trinajstić information content (AvgIpc) is 2.38. The lowest BCUT2D eigenvalue weighted by atomic mass is 9.76. The molecule has 2 aromatic rings. The van der Waals surface area contributed by atoms with Gasteiger partial charge in [0.15, 0.2) is 0 Å². The molecular weight excluding hydrogens is 256 g/mol. The zero-order chi connectivity index (χ0) is 14.8. The Labute approximate surface area is 127 Å². The topological polar surface area (TPSA) is 24.9 Å². The van der Waals surface area contributed by atoms with Crippen LogP contribution in [0.1, 0.15) is 59.3 Å². The lowest BCUT2D eigenvalue weighted by molar-refractivity contribution is 0.415. The Morgan fingerprint density at radius 1 is 1.10 bits per heavy atom. The molecule has 110 valence electrons. The van der Waals surface area contributed by atoms with E-state index in [1.807, 2.05) is 7.05 Å². The fourth-order valence-electron chi connectivity index (χ4n) is 3.40. The van der Waals surface area contributed by atoms with Gasteiger partial charge in [0.25, 0.3) is 0 Å². The van der Waals surface area contributed by atoms with E-state index in [0.29, 0.717) is 0 Å². The van der Waals surface area contributed by atoms with E-state index in [0.717, 1.165) is 17.3 Å². The molecule has 2 nitrogen and oxygen atoms in total. The summed E-state index contributed by atoms with van der Waals surface area (Å²) >= 11 is 0. The molecule has 1 saturated carbocycles. The van der Waals surface area contributed by atoms with E-state index < -0.39 is 0 Å². The summed E-state index contributed by atoms with van der Waals surface area (Å²) in [5.41, 5.74) is 6.44. The highest BCUT2D eigenvalue weighted by atomic mass is 14.9. The van der Waals surface area contributed by atoms with Gasteiger partial charge in [-0.2, -0.15) is 0 Å². The lowest BCUT2D eigenvalue weighted by Gasteiger charge is -2.30. The van der Waals surface area contributed by atoms with Crippen LogP contribution in [0.2, 0.25) is 0 Å². The molecule has 1 aromatic carbocycles. The highest BCUT2D eigenvalue weighted by Crippen LogP contribution is 2.40. The van der Waals surface area contributed by atoms with E-state index >= 15 is 0 Å². The third-order valence-electron chi connectivity index (χ3n) is 4.58. The fraction of sp³-hybridized carbons (Fsp3) is 0.421. The quantitative estimate of drug-likeness (QED) is 0.904. The van der Waals surface area contributed by atoms with Gasteiger partial charge in [-0.3, -0.25) is 4.98 Å². The first-order valence-electron chi connectivity index (χ1n) is 7.90. The number of benzene rings is 1. The first-order valence-corrected chi connectivity index (χ1v) is 7.90. The Kier molecular flexibility index (Phi) is 4.07. The van der Waals surface area contributed by atoms with Crippen LogP contribution in [0.5, 0.6) is 0 Å². The fourth-order valence-corrected chi connectivity index (χ4v) is 3.40. The number of hydrogen-bond donors (Lipinski definition) is 1. The van der Waals surface area contributed by atoms with Gasteiger partial charge in [-0.05, 0) is 68.5 Å². The standard InChI is InChI=1S/C19H24N2/c1-13-11-16(12-14(2)21-13)19(20-3)18-10-5-4-9-17(18)15-7-6-8-15/h4-5,9-12,15,19-20H,6-8H2,1-3H3. The second kappa shape index (κ2) is 5.98. The van der Waals surface area contributed by atoms with Crippen molar-refractivity contribution in [1.29, 1.82) is 0 Å². The molecule has 1 aromatic heterocycles. The Morgan fingerprint density at radius 3 is 2.33 bits per heavy atom. The molecule has 1 aliphatic rings. The van der Waals surface area contributed by atoms with Gasteiger partial charge in [-0.1, -0.05) is 30.7 Å². The van der Waals surface area contributed by atoms with Crippen LogP contribution in [0, 0.1) is 13.8 Å². The van der Waals surface area contributed by atoms with Gasteiger partial charge < -0.3 is 5.32 Å². The molecule has 1 fully saturated rings. The molecule has 1 aliphatic carbocycles. The predicted octanol–water partition coefficient (Wildman–Crippen LogP) is 4.27. The first-order chi connectivity index (χ1) is 10.2. The molecule has 0 saturated heterocycles. The van der Waals surface area contributed by atoms with Crippen LogP contribution in [0.3, 0.4) is 0 Å². The zero-order valence-electron chi connectivity index (χ0n) is 13.2. The van der Waals surface area contributed by atoms with Crippen molar-refractivity contribution in [3.8, 4) is 0 Å². The van der Waals surface area contributed by atoms with Crippen LogP contribution in [0.15, 0.2) is 36.4 Å². The third kappa shape index (κ3) is 2.86. The molecule has 3 rings (SSSR count). The van der Waals surface area contributed by atoms with Gasteiger partial charge >= 0.3 is 0 Å². The maximum atomic E-state index is 4.50. The Morgan fingerprint density at radius 2 is 1.76 bits per heavy atom. The smallest absolute Gasteiger partial charge is 0.0578 e. The van der Waals surface area contributed by atoms with Gasteiger partial charge in [0, 0.05) is 11.4 Å². The summed E-state index contributed by atoms with van der Waals surface area (Å²) in [7, 11) is 2.05. The largest absolute Gasteiger partial charge is 0.309 e. The number of nitrogens with one attached hydrogen (secondary N) is 1. The Hall–Kier alpha value is -1.67. The van der Waals surface area contributed by atoms with Gasteiger partial charge in [0.2, 0.25) is 0 Å². The maximum Gasteiger partial charge on any atom is 0.0578 e. The van der Waals surface area contributed by atoms with Crippen LogP contribution in [0.4, 0.5) is 0 Å². The maximum absolute atomic E-state index is 4.50. The summed E-state index contributed by atoms with van der Waals surface area (Å²) in [5, 5.41) is 3.50. The van der Waals surface area contributed by atoms with Crippen molar-refractivity contribution in [3.63, 3.8) is 0 Å². The summed E-state index contributed by atoms with van der Waals surface area (Å²) in [6.45, 7) is 4.14. The minimum absolute atomic E-state index is 0.252. The summed E-state index contributed by atoms with van der Waals surface area (Å²) in [6.07, 6.45) is 4.04. The minimum Gasteiger partial charge on any atom is -0.309 e. The Bertz CT molecular complexity index is 609. The van der Waals surface area contributed by atoms with Crippen LogP contribution in [-0.2, 0) is 0 Å². The number of rotatable bonds is 4. The molecule has 0 spiro atoms. The van der Waals surface area contributed by atoms with E-state index in [1.54, 1.807) is 0 Å². The number of pyridine rings is 1. The van der Waals surface area contributed by atoms with Crippen molar-refractivity contribution in [2.75, 3.05) is 7.05 Å². The van der Waals surface area contributed by atoms with Crippen LogP contribution >= 0.6 is 0 Å². The van der Waals surface area contributed by atoms with E-state index in [9.17, 15) is 0 Å². The second-order valence-corrected chi connectivity index (χ2v) is 6.16. The monoisotopic (exact) mass is 280 g/mol. The van der Waals surface area contributed by atoms with Gasteiger partial charge in [-0.15, -0.1) is 0 Å². The summed E-state index contributed by atoms with van der Waals surface area (Å²) < 4.78 is 0. The van der Waals surface area contributed by atoms with Crippen molar-refractivity contribution in [1.82, 2.24) is 10.3 Å². The van der Waals surface area contributed by atoms with Crippen molar-refractivity contribution >= 4 is 0 Å². The number of nitrogens with zero attached hydrogens (tertiary/aromatic N) is 1. The molecule has 0 aliphatic heterocycles. The van der Waals surface area contributed by atoms with Crippen LogP contribution < -0.4 is 5.32 Å². The summed E-state index contributed by atoms with van der Waals surface area (Å²) in [4.78, 5) is 4.50. The number of aryl methyl sites for hydroxylation is 2. The number of aromatic nitrogens is 1. The molecule has 1 N–H and O–H groups in total. The average molecular weight is 280 g/mol. The van der Waals surface area contributed by atoms with E-state index in [1.165, 1.54) is 36.0 Å². The molecule has 1 atom stereocenters. The van der Waals surface area contributed by atoms with Gasteiger partial charge in [-0.25, -0.2) is 0 Å². The molecule has 1 unspecified atom stereocenters. The molecule has 0 radical (unpaired) electrons. The lowest BCUT2D eigenvalue weighted by Crippen LogP contribution is -2.22. The zero-order valence-corrected chi connectivity index (χ0v) is 13.2. The van der Waals surface area contributed by atoms with Crippen molar-refractivity contribution < 1.29 is 0 Å². The van der Waals surface area contributed by atoms with Crippen molar-refractivity contribution in [3.05, 3.63) is 64.5 Å². The molecule has 1 heterocycles. The van der Waals surface area contributed by atoms with E-state index in [2.05, 4.69) is 60.5 Å². The highest BCUT2D eigenvalue weighted by Gasteiger charge is 2.25. The Balaban J connectivity index is 2.03. The predicted molar refractivity (Wildman–Crippen MR) is 87.6 cm³/mol. The SMILES string of the molecule is CNC(c1cc(C)nc(C)c1)c1ccccc1C1CCC1. The van der Waals surface area contributed by atoms with E-state index in [-0.39, 0.29) is 6.04 Å². The van der Waals surface area contributed by atoms with Crippen molar-refractivity contribution in [2.24, 2.45) is 0 Å². The highest BCUT2D eigenvalue weighted by molar-refractivity contribution is 5.40. The first kappa shape index (κ1) is 14.3.